The van der Waals surface area contributed by atoms with Crippen molar-refractivity contribution in [1.82, 2.24) is 14.9 Å². The van der Waals surface area contributed by atoms with E-state index >= 15 is 0 Å². The minimum absolute atomic E-state index is 0.0487. The predicted octanol–water partition coefficient (Wildman–Crippen LogP) is 1.33. The zero-order valence-electron chi connectivity index (χ0n) is 11.8. The molecule has 1 aliphatic heterocycles. The van der Waals surface area contributed by atoms with Crippen LogP contribution in [0.3, 0.4) is 0 Å². The third kappa shape index (κ3) is 2.95. The van der Waals surface area contributed by atoms with Crippen molar-refractivity contribution in [2.45, 2.75) is 13.0 Å². The van der Waals surface area contributed by atoms with Crippen molar-refractivity contribution in [3.63, 3.8) is 0 Å². The van der Waals surface area contributed by atoms with Crippen molar-refractivity contribution in [1.29, 1.82) is 0 Å². The third-order valence-corrected chi connectivity index (χ3v) is 3.79. The highest BCUT2D eigenvalue weighted by Crippen LogP contribution is 2.21. The van der Waals surface area contributed by atoms with Gasteiger partial charge in [0.1, 0.15) is 11.6 Å². The molecule has 0 amide bonds. The minimum Gasteiger partial charge on any atom is -0.508 e. The molecule has 1 aromatic carbocycles. The third-order valence-electron chi connectivity index (χ3n) is 3.79. The summed E-state index contributed by atoms with van der Waals surface area (Å²) in [4.78, 5) is 22.5. The average Bonchev–Trinajstić information content (AvgIpc) is 2.95. The number of phenols is 1. The molecule has 0 saturated carbocycles. The normalized spacial score (nSPS) is 19.0. The van der Waals surface area contributed by atoms with Gasteiger partial charge in [-0.2, -0.15) is 0 Å². The fraction of sp³-hybridized carbons (Fsp3) is 0.400. The molecule has 1 atom stereocenters. The van der Waals surface area contributed by atoms with Gasteiger partial charge in [0.05, 0.1) is 25.1 Å². The van der Waals surface area contributed by atoms with Crippen molar-refractivity contribution in [2.24, 2.45) is 5.92 Å². The van der Waals surface area contributed by atoms with Crippen LogP contribution in [-0.4, -0.2) is 46.1 Å². The van der Waals surface area contributed by atoms with E-state index in [0.717, 1.165) is 29.7 Å². The first-order valence-corrected chi connectivity index (χ1v) is 6.90. The summed E-state index contributed by atoms with van der Waals surface area (Å²) in [5, 5.41) is 10.2. The Labute approximate surface area is 122 Å². The number of likely N-dealkylation sites (tertiary alicyclic amines) is 1. The molecule has 2 heterocycles. The van der Waals surface area contributed by atoms with Crippen molar-refractivity contribution >= 4 is 16.9 Å². The largest absolute Gasteiger partial charge is 0.508 e. The Morgan fingerprint density at radius 3 is 3.19 bits per heavy atom. The number of rotatable bonds is 3. The number of benzene rings is 1. The number of hydrogen-bond acceptors (Lipinski definition) is 6. The summed E-state index contributed by atoms with van der Waals surface area (Å²) in [6.45, 7) is 2.14. The lowest BCUT2D eigenvalue weighted by molar-refractivity contribution is -0.144. The number of methoxy groups -OCH3 is 1. The Balaban J connectivity index is 1.71. The van der Waals surface area contributed by atoms with Gasteiger partial charge in [-0.3, -0.25) is 9.69 Å². The summed E-state index contributed by atoms with van der Waals surface area (Å²) in [5.74, 6) is 0.734. The first-order valence-electron chi connectivity index (χ1n) is 6.90. The summed E-state index contributed by atoms with van der Waals surface area (Å²) >= 11 is 0. The van der Waals surface area contributed by atoms with Crippen molar-refractivity contribution < 1.29 is 14.6 Å². The first kappa shape index (κ1) is 13.8. The standard InChI is InChI=1S/C15H17N3O3/c1-21-15(20)10-4-5-18(8-10)9-14-16-7-11-6-12(19)2-3-13(11)17-14/h2-3,6-7,10,19H,4-5,8-9H2,1H3. The van der Waals surface area contributed by atoms with Crippen molar-refractivity contribution in [3.05, 3.63) is 30.2 Å². The van der Waals surface area contributed by atoms with E-state index in [0.29, 0.717) is 13.1 Å². The second-order valence-electron chi connectivity index (χ2n) is 5.27. The Kier molecular flexibility index (Phi) is 3.70. The molecule has 0 radical (unpaired) electrons. The van der Waals surface area contributed by atoms with Crippen LogP contribution in [0.2, 0.25) is 0 Å². The van der Waals surface area contributed by atoms with Crippen LogP contribution in [0.1, 0.15) is 12.2 Å². The quantitative estimate of drug-likeness (QED) is 0.858. The van der Waals surface area contributed by atoms with E-state index in [2.05, 4.69) is 14.9 Å². The number of carbonyl (C=O) groups excluding carboxylic acids is 1. The molecular weight excluding hydrogens is 270 g/mol. The molecule has 0 spiro atoms. The molecule has 3 rings (SSSR count). The van der Waals surface area contributed by atoms with E-state index in [1.807, 2.05) is 0 Å². The zero-order valence-corrected chi connectivity index (χ0v) is 11.8. The van der Waals surface area contributed by atoms with Crippen LogP contribution < -0.4 is 0 Å². The second kappa shape index (κ2) is 5.65. The van der Waals surface area contributed by atoms with Crippen LogP contribution in [0.25, 0.3) is 10.9 Å². The van der Waals surface area contributed by atoms with E-state index in [1.54, 1.807) is 24.4 Å². The maximum atomic E-state index is 11.5. The lowest BCUT2D eigenvalue weighted by Gasteiger charge is -2.14. The maximum Gasteiger partial charge on any atom is 0.310 e. The Hall–Kier alpha value is -2.21. The first-order chi connectivity index (χ1) is 10.2. The molecule has 1 saturated heterocycles. The number of aromatic nitrogens is 2. The lowest BCUT2D eigenvalue weighted by Crippen LogP contribution is -2.24. The van der Waals surface area contributed by atoms with Crippen molar-refractivity contribution in [2.75, 3.05) is 20.2 Å². The molecule has 110 valence electrons. The fourth-order valence-corrected chi connectivity index (χ4v) is 2.67. The van der Waals surface area contributed by atoms with E-state index in [4.69, 9.17) is 4.74 Å². The van der Waals surface area contributed by atoms with Crippen LogP contribution in [0.15, 0.2) is 24.4 Å². The van der Waals surface area contributed by atoms with Gasteiger partial charge in [-0.05, 0) is 31.2 Å². The smallest absolute Gasteiger partial charge is 0.310 e. The van der Waals surface area contributed by atoms with E-state index in [1.165, 1.54) is 7.11 Å². The Morgan fingerprint density at radius 1 is 1.52 bits per heavy atom. The molecule has 1 fully saturated rings. The van der Waals surface area contributed by atoms with Gasteiger partial charge in [0.25, 0.3) is 0 Å². The number of esters is 1. The average molecular weight is 287 g/mol. The SMILES string of the molecule is COC(=O)C1CCN(Cc2ncc3cc(O)ccc3n2)C1. The highest BCUT2D eigenvalue weighted by Gasteiger charge is 2.29. The number of hydrogen-bond donors (Lipinski definition) is 1. The Bertz CT molecular complexity index is 674. The summed E-state index contributed by atoms with van der Waals surface area (Å²) < 4.78 is 4.78. The number of ether oxygens (including phenoxy) is 1. The van der Waals surface area contributed by atoms with Gasteiger partial charge in [-0.1, -0.05) is 0 Å². The summed E-state index contributed by atoms with van der Waals surface area (Å²) in [6, 6.07) is 5.03. The molecule has 21 heavy (non-hydrogen) atoms. The molecule has 6 nitrogen and oxygen atoms in total. The van der Waals surface area contributed by atoms with E-state index in [-0.39, 0.29) is 17.6 Å². The molecule has 6 heteroatoms. The van der Waals surface area contributed by atoms with Gasteiger partial charge in [0.2, 0.25) is 0 Å². The number of nitrogens with zero attached hydrogens (tertiary/aromatic N) is 3. The molecule has 0 bridgehead atoms. The highest BCUT2D eigenvalue weighted by molar-refractivity contribution is 5.79. The minimum atomic E-state index is -0.146. The van der Waals surface area contributed by atoms with Crippen molar-refractivity contribution in [3.8, 4) is 5.75 Å². The molecule has 1 unspecified atom stereocenters. The van der Waals surface area contributed by atoms with Crippen LogP contribution in [0.5, 0.6) is 5.75 Å². The number of phenolic OH excluding ortho intramolecular Hbond substituents is 1. The van der Waals surface area contributed by atoms with Crippen LogP contribution in [-0.2, 0) is 16.1 Å². The van der Waals surface area contributed by atoms with Gasteiger partial charge in [0.15, 0.2) is 0 Å². The number of fused-ring (bicyclic) bond motifs is 1. The van der Waals surface area contributed by atoms with Gasteiger partial charge in [-0.15, -0.1) is 0 Å². The summed E-state index contributed by atoms with van der Waals surface area (Å²) in [5.41, 5.74) is 0.807. The summed E-state index contributed by atoms with van der Waals surface area (Å²) in [7, 11) is 1.42. The molecule has 1 N–H and O–H groups in total. The molecular formula is C15H17N3O3. The predicted molar refractivity (Wildman–Crippen MR) is 76.6 cm³/mol. The maximum absolute atomic E-state index is 11.5. The second-order valence-corrected chi connectivity index (χ2v) is 5.27. The fourth-order valence-electron chi connectivity index (χ4n) is 2.67. The Morgan fingerprint density at radius 2 is 2.38 bits per heavy atom. The van der Waals surface area contributed by atoms with E-state index in [9.17, 15) is 9.90 Å². The van der Waals surface area contributed by atoms with Crippen LogP contribution in [0.4, 0.5) is 0 Å². The molecule has 1 aliphatic rings. The number of carbonyl (C=O) groups is 1. The topological polar surface area (TPSA) is 75.5 Å². The highest BCUT2D eigenvalue weighted by atomic mass is 16.5. The summed E-state index contributed by atoms with van der Waals surface area (Å²) in [6.07, 6.45) is 2.53. The van der Waals surface area contributed by atoms with E-state index < -0.39 is 0 Å². The molecule has 2 aromatic rings. The lowest BCUT2D eigenvalue weighted by atomic mass is 10.1. The van der Waals surface area contributed by atoms with Gasteiger partial charge in [0, 0.05) is 18.1 Å². The monoisotopic (exact) mass is 287 g/mol. The molecule has 0 aliphatic carbocycles. The zero-order chi connectivity index (χ0) is 14.8. The number of aromatic hydroxyl groups is 1. The van der Waals surface area contributed by atoms with Gasteiger partial charge < -0.3 is 9.84 Å². The van der Waals surface area contributed by atoms with Crippen LogP contribution in [0, 0.1) is 5.92 Å². The van der Waals surface area contributed by atoms with Crippen LogP contribution >= 0.6 is 0 Å². The van der Waals surface area contributed by atoms with Gasteiger partial charge in [-0.25, -0.2) is 9.97 Å². The van der Waals surface area contributed by atoms with Gasteiger partial charge >= 0.3 is 5.97 Å². The molecule has 1 aromatic heterocycles.